The number of para-hydroxylation sites is 1. The summed E-state index contributed by atoms with van der Waals surface area (Å²) in [4.78, 5) is 11.3. The van der Waals surface area contributed by atoms with E-state index in [-0.39, 0.29) is 0 Å². The minimum atomic E-state index is 0.582. The topological polar surface area (TPSA) is 31.2 Å². The van der Waals surface area contributed by atoms with Crippen LogP contribution in [0.15, 0.2) is 48.5 Å². The van der Waals surface area contributed by atoms with E-state index in [9.17, 15) is 4.79 Å². The normalized spacial score (nSPS) is 10.9. The van der Waals surface area contributed by atoms with E-state index in [4.69, 9.17) is 16.3 Å². The molecule has 118 valence electrons. The van der Waals surface area contributed by atoms with E-state index in [1.807, 2.05) is 55.6 Å². The van der Waals surface area contributed by atoms with Crippen LogP contribution in [0.25, 0.3) is 22.2 Å². The highest BCUT2D eigenvalue weighted by Gasteiger charge is 2.13. The molecule has 0 fully saturated rings. The molecule has 0 amide bonds. The van der Waals surface area contributed by atoms with E-state index in [1.54, 1.807) is 0 Å². The first-order valence-corrected chi connectivity index (χ1v) is 8.11. The molecule has 0 bridgehead atoms. The van der Waals surface area contributed by atoms with Crippen LogP contribution in [0.1, 0.15) is 16.8 Å². The van der Waals surface area contributed by atoms with Crippen LogP contribution in [-0.2, 0) is 7.05 Å². The lowest BCUT2D eigenvalue weighted by Gasteiger charge is -2.12. The van der Waals surface area contributed by atoms with Gasteiger partial charge in [-0.25, -0.2) is 0 Å². The maximum Gasteiger partial charge on any atom is 0.150 e. The number of nitrogens with zero attached hydrogens (tertiary/aromatic N) is 1. The smallest absolute Gasteiger partial charge is 0.150 e. The monoisotopic (exact) mass is 327 g/mol. The Labute approximate surface area is 140 Å². The number of aldehydes is 1. The number of carbonyl (C=O) groups excluding carboxylic acids is 1. The summed E-state index contributed by atoms with van der Waals surface area (Å²) in [5.41, 5.74) is 3.76. The molecule has 0 radical (unpaired) electrons. The fraction of sp³-hybridized carbons (Fsp3) is 0.211. The van der Waals surface area contributed by atoms with Crippen molar-refractivity contribution in [3.63, 3.8) is 0 Å². The third-order valence-electron chi connectivity index (χ3n) is 3.95. The number of hydrogen-bond donors (Lipinski definition) is 0. The molecule has 0 N–H and O–H groups in total. The van der Waals surface area contributed by atoms with Crippen LogP contribution in [0, 0.1) is 0 Å². The Hall–Kier alpha value is -2.26. The van der Waals surface area contributed by atoms with E-state index in [2.05, 4.69) is 4.57 Å². The first kappa shape index (κ1) is 15.6. The first-order valence-electron chi connectivity index (χ1n) is 7.58. The SMILES string of the molecule is Cn1c(-c2ccccc2OCCCCl)cc2c(C=O)cccc21. The molecule has 0 aliphatic heterocycles. The van der Waals surface area contributed by atoms with Gasteiger partial charge in [-0.1, -0.05) is 24.3 Å². The van der Waals surface area contributed by atoms with Crippen LogP contribution in [-0.4, -0.2) is 23.3 Å². The second-order valence-corrected chi connectivity index (χ2v) is 5.75. The Morgan fingerprint density at radius 3 is 2.78 bits per heavy atom. The van der Waals surface area contributed by atoms with E-state index < -0.39 is 0 Å². The number of benzene rings is 2. The Morgan fingerprint density at radius 2 is 2.00 bits per heavy atom. The number of fused-ring (bicyclic) bond motifs is 1. The molecule has 0 unspecified atom stereocenters. The van der Waals surface area contributed by atoms with Crippen molar-refractivity contribution in [3.8, 4) is 17.0 Å². The second kappa shape index (κ2) is 6.88. The molecule has 1 heterocycles. The van der Waals surface area contributed by atoms with E-state index in [1.165, 1.54) is 0 Å². The summed E-state index contributed by atoms with van der Waals surface area (Å²) in [5, 5.41) is 0.954. The molecule has 0 aliphatic rings. The van der Waals surface area contributed by atoms with Gasteiger partial charge in [0, 0.05) is 35.0 Å². The number of rotatable bonds is 6. The quantitative estimate of drug-likeness (QED) is 0.374. The molecule has 0 saturated carbocycles. The van der Waals surface area contributed by atoms with Crippen molar-refractivity contribution in [3.05, 3.63) is 54.1 Å². The molecule has 3 rings (SSSR count). The molecule has 3 nitrogen and oxygen atoms in total. The summed E-state index contributed by atoms with van der Waals surface area (Å²) in [6.45, 7) is 0.587. The first-order chi connectivity index (χ1) is 11.3. The Morgan fingerprint density at radius 1 is 1.17 bits per heavy atom. The summed E-state index contributed by atoms with van der Waals surface area (Å²) in [6.07, 6.45) is 1.70. The highest BCUT2D eigenvalue weighted by atomic mass is 35.5. The molecule has 0 saturated heterocycles. The van der Waals surface area contributed by atoms with Gasteiger partial charge < -0.3 is 9.30 Å². The highest BCUT2D eigenvalue weighted by Crippen LogP contribution is 2.34. The number of aryl methyl sites for hydroxylation is 1. The zero-order chi connectivity index (χ0) is 16.2. The molecule has 4 heteroatoms. The lowest BCUT2D eigenvalue weighted by Crippen LogP contribution is -2.00. The fourth-order valence-corrected chi connectivity index (χ4v) is 2.89. The van der Waals surface area contributed by atoms with Gasteiger partial charge in [-0.05, 0) is 30.7 Å². The van der Waals surface area contributed by atoms with E-state index in [0.29, 0.717) is 18.1 Å². The van der Waals surface area contributed by atoms with Crippen molar-refractivity contribution < 1.29 is 9.53 Å². The summed E-state index contributed by atoms with van der Waals surface area (Å²) < 4.78 is 7.96. The van der Waals surface area contributed by atoms with Gasteiger partial charge in [0.2, 0.25) is 0 Å². The predicted octanol–water partition coefficient (Wildman–Crippen LogP) is 4.67. The van der Waals surface area contributed by atoms with Gasteiger partial charge in [-0.15, -0.1) is 11.6 Å². The van der Waals surface area contributed by atoms with E-state index >= 15 is 0 Å². The number of hydrogen-bond acceptors (Lipinski definition) is 2. The summed E-state index contributed by atoms with van der Waals surface area (Å²) >= 11 is 5.72. The average molecular weight is 328 g/mol. The molecule has 0 atom stereocenters. The Balaban J connectivity index is 2.10. The van der Waals surface area contributed by atoms with Gasteiger partial charge in [-0.2, -0.15) is 0 Å². The van der Waals surface area contributed by atoms with Crippen molar-refractivity contribution >= 4 is 28.8 Å². The molecule has 0 aliphatic carbocycles. The van der Waals surface area contributed by atoms with Crippen molar-refractivity contribution in [1.29, 1.82) is 0 Å². The minimum Gasteiger partial charge on any atom is -0.493 e. The summed E-state index contributed by atoms with van der Waals surface area (Å²) in [6, 6.07) is 15.7. The van der Waals surface area contributed by atoms with Crippen molar-refractivity contribution in [2.45, 2.75) is 6.42 Å². The van der Waals surface area contributed by atoms with Crippen molar-refractivity contribution in [2.24, 2.45) is 7.05 Å². The Bertz CT molecular complexity index is 839. The van der Waals surface area contributed by atoms with Crippen LogP contribution < -0.4 is 4.74 Å². The number of carbonyl (C=O) groups is 1. The lowest BCUT2D eigenvalue weighted by molar-refractivity contribution is 0.112. The average Bonchev–Trinajstić information content (AvgIpc) is 2.92. The fourth-order valence-electron chi connectivity index (χ4n) is 2.79. The number of ether oxygens (including phenoxy) is 1. The van der Waals surface area contributed by atoms with Crippen molar-refractivity contribution in [2.75, 3.05) is 12.5 Å². The molecular formula is C19H18ClNO2. The highest BCUT2D eigenvalue weighted by molar-refractivity contribution is 6.17. The third-order valence-corrected chi connectivity index (χ3v) is 4.21. The zero-order valence-corrected chi connectivity index (χ0v) is 13.7. The molecule has 1 aromatic heterocycles. The van der Waals surface area contributed by atoms with Crippen LogP contribution >= 0.6 is 11.6 Å². The van der Waals surface area contributed by atoms with Crippen LogP contribution in [0.2, 0.25) is 0 Å². The second-order valence-electron chi connectivity index (χ2n) is 5.37. The van der Waals surface area contributed by atoms with Crippen molar-refractivity contribution in [1.82, 2.24) is 4.57 Å². The van der Waals surface area contributed by atoms with Gasteiger partial charge in [0.15, 0.2) is 6.29 Å². The summed E-state index contributed by atoms with van der Waals surface area (Å²) in [5.74, 6) is 1.41. The maximum atomic E-state index is 11.3. The molecule has 23 heavy (non-hydrogen) atoms. The lowest BCUT2D eigenvalue weighted by atomic mass is 10.1. The molecule has 0 spiro atoms. The zero-order valence-electron chi connectivity index (χ0n) is 13.0. The van der Waals surface area contributed by atoms with E-state index in [0.717, 1.165) is 40.6 Å². The molecular weight excluding hydrogens is 310 g/mol. The van der Waals surface area contributed by atoms with Gasteiger partial charge in [0.1, 0.15) is 5.75 Å². The van der Waals surface area contributed by atoms with Gasteiger partial charge in [0.05, 0.1) is 12.3 Å². The van der Waals surface area contributed by atoms with Gasteiger partial charge in [0.25, 0.3) is 0 Å². The minimum absolute atomic E-state index is 0.582. The van der Waals surface area contributed by atoms with Crippen LogP contribution in [0.3, 0.4) is 0 Å². The molecule has 3 aromatic rings. The number of alkyl halides is 1. The largest absolute Gasteiger partial charge is 0.493 e. The number of halogens is 1. The predicted molar refractivity (Wildman–Crippen MR) is 94.6 cm³/mol. The number of aromatic nitrogens is 1. The van der Waals surface area contributed by atoms with Gasteiger partial charge in [-0.3, -0.25) is 4.79 Å². The third kappa shape index (κ3) is 2.97. The van der Waals surface area contributed by atoms with Crippen LogP contribution in [0.4, 0.5) is 0 Å². The molecule has 2 aromatic carbocycles. The van der Waals surface area contributed by atoms with Crippen LogP contribution in [0.5, 0.6) is 5.75 Å². The maximum absolute atomic E-state index is 11.3. The standard InChI is InChI=1S/C19H18ClNO2/c1-21-17-8-4-6-14(13-22)16(17)12-18(21)15-7-2-3-9-19(15)23-11-5-10-20/h2-4,6-9,12-13H,5,10-11H2,1H3. The van der Waals surface area contributed by atoms with Gasteiger partial charge >= 0.3 is 0 Å². The Kier molecular flexibility index (Phi) is 4.68. The summed E-state index contributed by atoms with van der Waals surface area (Å²) in [7, 11) is 2.00.